The van der Waals surface area contributed by atoms with Gasteiger partial charge < -0.3 is 4.90 Å². The third kappa shape index (κ3) is 2.83. The summed E-state index contributed by atoms with van der Waals surface area (Å²) in [7, 11) is 2.08. The average molecular weight is 236 g/mol. The van der Waals surface area contributed by atoms with Crippen LogP contribution in [0.15, 0.2) is 46.4 Å². The molecule has 2 rings (SSSR count). The van der Waals surface area contributed by atoms with Crippen molar-refractivity contribution in [3.63, 3.8) is 0 Å². The lowest BCUT2D eigenvalue weighted by Gasteiger charge is -2.10. The van der Waals surface area contributed by atoms with Crippen LogP contribution in [-0.2, 0) is 0 Å². The first kappa shape index (κ1) is 11.1. The predicted molar refractivity (Wildman–Crippen MR) is 65.9 cm³/mol. The van der Waals surface area contributed by atoms with Crippen LogP contribution < -0.4 is 0 Å². The van der Waals surface area contributed by atoms with Gasteiger partial charge in [0.1, 0.15) is 0 Å². The van der Waals surface area contributed by atoms with E-state index in [0.29, 0.717) is 5.02 Å². The highest BCUT2D eigenvalue weighted by Crippen LogP contribution is 2.20. The van der Waals surface area contributed by atoms with Crippen LogP contribution in [0.5, 0.6) is 0 Å². The van der Waals surface area contributed by atoms with E-state index in [0.717, 1.165) is 18.7 Å². The van der Waals surface area contributed by atoms with E-state index in [-0.39, 0.29) is 0 Å². The number of hydrogen-bond acceptors (Lipinski definition) is 3. The van der Waals surface area contributed by atoms with E-state index < -0.39 is 0 Å². The zero-order chi connectivity index (χ0) is 11.4. The van der Waals surface area contributed by atoms with Crippen LogP contribution in [0.2, 0.25) is 5.02 Å². The molecule has 1 aromatic rings. The fraction of sp³-hybridized carbons (Fsp3) is 0.333. The first-order chi connectivity index (χ1) is 7.75. The Morgan fingerprint density at radius 3 is 2.69 bits per heavy atom. The van der Waals surface area contributed by atoms with Gasteiger partial charge in [-0.05, 0) is 37.1 Å². The summed E-state index contributed by atoms with van der Waals surface area (Å²) in [6, 6.07) is 7.32. The maximum atomic E-state index is 5.78. The van der Waals surface area contributed by atoms with Crippen molar-refractivity contribution < 1.29 is 0 Å². The molecule has 1 heterocycles. The van der Waals surface area contributed by atoms with Gasteiger partial charge >= 0.3 is 0 Å². The second-order valence-corrected chi connectivity index (χ2v) is 4.27. The van der Waals surface area contributed by atoms with Gasteiger partial charge in [0.2, 0.25) is 0 Å². The van der Waals surface area contributed by atoms with Gasteiger partial charge in [-0.25, -0.2) is 0 Å². The molecule has 16 heavy (non-hydrogen) atoms. The molecule has 0 atom stereocenters. The maximum Gasteiger partial charge on any atom is 0.0857 e. The molecule has 0 aliphatic carbocycles. The number of nitrogens with zero attached hydrogens (tertiary/aromatic N) is 3. The van der Waals surface area contributed by atoms with Gasteiger partial charge in [0, 0.05) is 24.3 Å². The molecule has 0 saturated carbocycles. The molecule has 4 heteroatoms. The monoisotopic (exact) mass is 235 g/mol. The maximum absolute atomic E-state index is 5.78. The highest BCUT2D eigenvalue weighted by atomic mass is 35.5. The van der Waals surface area contributed by atoms with Crippen molar-refractivity contribution in [1.29, 1.82) is 0 Å². The summed E-state index contributed by atoms with van der Waals surface area (Å²) in [6.07, 6.45) is 4.14. The van der Waals surface area contributed by atoms with E-state index in [2.05, 4.69) is 22.2 Å². The molecule has 0 unspecified atom stereocenters. The summed E-state index contributed by atoms with van der Waals surface area (Å²) in [4.78, 5) is 2.21. The third-order valence-electron chi connectivity index (χ3n) is 2.62. The number of halogens is 1. The molecule has 0 radical (unpaired) electrons. The van der Waals surface area contributed by atoms with E-state index in [9.17, 15) is 0 Å². The summed E-state index contributed by atoms with van der Waals surface area (Å²) in [5.74, 6) is 0. The van der Waals surface area contributed by atoms with Crippen LogP contribution in [0.3, 0.4) is 0 Å². The second kappa shape index (κ2) is 5.12. The fourth-order valence-corrected chi connectivity index (χ4v) is 1.79. The van der Waals surface area contributed by atoms with Gasteiger partial charge in [-0.2, -0.15) is 10.2 Å². The lowest BCUT2D eigenvalue weighted by Crippen LogP contribution is -2.09. The number of hydrogen-bond donors (Lipinski definition) is 0. The summed E-state index contributed by atoms with van der Waals surface area (Å²) < 4.78 is 0. The Kier molecular flexibility index (Phi) is 3.57. The number of benzene rings is 1. The van der Waals surface area contributed by atoms with Gasteiger partial charge in [0.25, 0.3) is 0 Å². The molecule has 1 aliphatic heterocycles. The fourth-order valence-electron chi connectivity index (χ4n) is 1.66. The standard InChI is InChI=1S/C12H14ClN3/c1-16-8-2-3-12(16)9-14-15-11-6-4-10(13)5-7-11/h4-7,9H,2-3,8H2,1H3/b12-9+,15-14?. The van der Waals surface area contributed by atoms with Crippen LogP contribution in [-0.4, -0.2) is 18.5 Å². The summed E-state index contributed by atoms with van der Waals surface area (Å²) >= 11 is 5.78. The number of azo groups is 1. The average Bonchev–Trinajstić information content (AvgIpc) is 2.68. The number of likely N-dealkylation sites (tertiary alicyclic amines) is 1. The van der Waals surface area contributed by atoms with Crippen LogP contribution in [0.4, 0.5) is 5.69 Å². The lowest BCUT2D eigenvalue weighted by atomic mass is 10.3. The molecule has 84 valence electrons. The number of allylic oxidation sites excluding steroid dienone is 1. The Bertz CT molecular complexity index is 409. The Morgan fingerprint density at radius 1 is 1.31 bits per heavy atom. The van der Waals surface area contributed by atoms with Crippen LogP contribution >= 0.6 is 11.6 Å². The molecule has 0 bridgehead atoms. The first-order valence-corrected chi connectivity index (χ1v) is 5.70. The molecule has 0 amide bonds. The largest absolute Gasteiger partial charge is 0.377 e. The van der Waals surface area contributed by atoms with Crippen molar-refractivity contribution in [2.45, 2.75) is 12.8 Å². The summed E-state index contributed by atoms with van der Waals surface area (Å²) in [5, 5.41) is 8.91. The predicted octanol–water partition coefficient (Wildman–Crippen LogP) is 3.99. The zero-order valence-corrected chi connectivity index (χ0v) is 9.98. The van der Waals surface area contributed by atoms with Crippen molar-refractivity contribution in [3.8, 4) is 0 Å². The second-order valence-electron chi connectivity index (χ2n) is 3.84. The van der Waals surface area contributed by atoms with Gasteiger partial charge in [0.05, 0.1) is 11.9 Å². The van der Waals surface area contributed by atoms with Gasteiger partial charge in [-0.15, -0.1) is 0 Å². The topological polar surface area (TPSA) is 28.0 Å². The van der Waals surface area contributed by atoms with E-state index >= 15 is 0 Å². The Labute approximate surface area is 100 Å². The smallest absolute Gasteiger partial charge is 0.0857 e. The van der Waals surface area contributed by atoms with Crippen molar-refractivity contribution in [2.75, 3.05) is 13.6 Å². The summed E-state index contributed by atoms with van der Waals surface area (Å²) in [6.45, 7) is 1.11. The Hall–Kier alpha value is -1.35. The highest BCUT2D eigenvalue weighted by Gasteiger charge is 2.11. The van der Waals surface area contributed by atoms with E-state index in [1.807, 2.05) is 30.5 Å². The Morgan fingerprint density at radius 2 is 2.06 bits per heavy atom. The molecule has 1 saturated heterocycles. The molecular weight excluding hydrogens is 222 g/mol. The van der Waals surface area contributed by atoms with E-state index in [1.54, 1.807) is 0 Å². The quantitative estimate of drug-likeness (QED) is 0.713. The van der Waals surface area contributed by atoms with Crippen molar-refractivity contribution in [2.24, 2.45) is 10.2 Å². The van der Waals surface area contributed by atoms with Crippen LogP contribution in [0.1, 0.15) is 12.8 Å². The number of rotatable bonds is 2. The third-order valence-corrected chi connectivity index (χ3v) is 2.88. The van der Waals surface area contributed by atoms with E-state index in [1.165, 1.54) is 12.1 Å². The van der Waals surface area contributed by atoms with E-state index in [4.69, 9.17) is 11.6 Å². The van der Waals surface area contributed by atoms with Gasteiger partial charge in [0.15, 0.2) is 0 Å². The SMILES string of the molecule is CN1CCC/C1=C\N=Nc1ccc(Cl)cc1. The minimum absolute atomic E-state index is 0.716. The van der Waals surface area contributed by atoms with Crippen LogP contribution in [0.25, 0.3) is 0 Å². The molecule has 1 aromatic carbocycles. The highest BCUT2D eigenvalue weighted by molar-refractivity contribution is 6.30. The molecule has 0 spiro atoms. The Balaban J connectivity index is 2.01. The lowest BCUT2D eigenvalue weighted by molar-refractivity contribution is 0.479. The molecule has 1 fully saturated rings. The molecular formula is C12H14ClN3. The van der Waals surface area contributed by atoms with Crippen molar-refractivity contribution >= 4 is 17.3 Å². The zero-order valence-electron chi connectivity index (χ0n) is 9.23. The molecule has 1 aliphatic rings. The molecule has 0 aromatic heterocycles. The van der Waals surface area contributed by atoms with Crippen molar-refractivity contribution in [3.05, 3.63) is 41.2 Å². The molecule has 3 nitrogen and oxygen atoms in total. The first-order valence-electron chi connectivity index (χ1n) is 5.32. The minimum atomic E-state index is 0.716. The van der Waals surface area contributed by atoms with Crippen molar-refractivity contribution in [1.82, 2.24) is 4.90 Å². The minimum Gasteiger partial charge on any atom is -0.377 e. The van der Waals surface area contributed by atoms with Gasteiger partial charge in [-0.3, -0.25) is 0 Å². The summed E-state index contributed by atoms with van der Waals surface area (Å²) in [5.41, 5.74) is 2.07. The molecule has 0 N–H and O–H groups in total. The van der Waals surface area contributed by atoms with Crippen LogP contribution in [0, 0.1) is 0 Å². The van der Waals surface area contributed by atoms with Gasteiger partial charge in [-0.1, -0.05) is 11.6 Å². The normalized spacial score (nSPS) is 18.9.